The number of hydrogen-bond acceptors (Lipinski definition) is 3. The van der Waals surface area contributed by atoms with Gasteiger partial charge in [-0.3, -0.25) is 0 Å². The maximum atomic E-state index is 11.4. The number of sulfone groups is 1. The second kappa shape index (κ2) is 4.48. The quantitative estimate of drug-likeness (QED) is 0.803. The second-order valence-electron chi connectivity index (χ2n) is 6.51. The summed E-state index contributed by atoms with van der Waals surface area (Å²) in [5.74, 6) is 4.35. The van der Waals surface area contributed by atoms with Crippen molar-refractivity contribution in [3.05, 3.63) is 0 Å². The molecule has 2 bridgehead atoms. The summed E-state index contributed by atoms with van der Waals surface area (Å²) in [5.41, 5.74) is 0. The highest BCUT2D eigenvalue weighted by atomic mass is 32.2. The standard InChI is InChI=1S/C14H24O3S/c1-2-18(16,17)7-3-4-11(15)14-12-9-5-6-10(8-9)13(12)14/h9-15H,2-8H2,1H3. The van der Waals surface area contributed by atoms with Crippen LogP contribution in [0.3, 0.4) is 0 Å². The van der Waals surface area contributed by atoms with Gasteiger partial charge in [0.2, 0.25) is 0 Å². The highest BCUT2D eigenvalue weighted by molar-refractivity contribution is 7.91. The van der Waals surface area contributed by atoms with Crippen LogP contribution < -0.4 is 0 Å². The smallest absolute Gasteiger partial charge is 0.150 e. The van der Waals surface area contributed by atoms with Crippen molar-refractivity contribution in [2.45, 2.75) is 45.1 Å². The van der Waals surface area contributed by atoms with E-state index in [0.29, 0.717) is 18.8 Å². The fourth-order valence-electron chi connectivity index (χ4n) is 4.76. The molecule has 0 heterocycles. The molecule has 0 aromatic heterocycles. The van der Waals surface area contributed by atoms with Crippen molar-refractivity contribution < 1.29 is 13.5 Å². The Balaban J connectivity index is 1.45. The lowest BCUT2D eigenvalue weighted by Gasteiger charge is -2.14. The Kier molecular flexibility index (Phi) is 3.22. The third-order valence-corrected chi connectivity index (χ3v) is 7.42. The first-order valence-corrected chi connectivity index (χ1v) is 9.24. The molecule has 0 radical (unpaired) electrons. The van der Waals surface area contributed by atoms with Crippen LogP contribution in [0.25, 0.3) is 0 Å². The molecule has 0 aromatic carbocycles. The normalized spacial score (nSPS) is 42.9. The molecule has 0 spiro atoms. The second-order valence-corrected chi connectivity index (χ2v) is 8.98. The average molecular weight is 272 g/mol. The summed E-state index contributed by atoms with van der Waals surface area (Å²) in [5, 5.41) is 10.2. The molecule has 3 aliphatic carbocycles. The van der Waals surface area contributed by atoms with E-state index in [1.54, 1.807) is 6.92 Å². The van der Waals surface area contributed by atoms with Crippen molar-refractivity contribution in [2.24, 2.45) is 29.6 Å². The molecule has 5 unspecified atom stereocenters. The summed E-state index contributed by atoms with van der Waals surface area (Å²) in [6, 6.07) is 0. The molecule has 5 atom stereocenters. The van der Waals surface area contributed by atoms with Gasteiger partial charge in [-0.25, -0.2) is 8.42 Å². The molecule has 3 saturated carbocycles. The van der Waals surface area contributed by atoms with E-state index in [1.807, 2.05) is 0 Å². The van der Waals surface area contributed by atoms with Crippen LogP contribution in [0, 0.1) is 29.6 Å². The van der Waals surface area contributed by atoms with Crippen LogP contribution in [0.2, 0.25) is 0 Å². The zero-order valence-electron chi connectivity index (χ0n) is 11.1. The third-order valence-electron chi connectivity index (χ3n) is 5.63. The molecule has 0 saturated heterocycles. The van der Waals surface area contributed by atoms with Gasteiger partial charge in [-0.15, -0.1) is 0 Å². The first kappa shape index (κ1) is 12.9. The van der Waals surface area contributed by atoms with Crippen molar-refractivity contribution in [3.63, 3.8) is 0 Å². The number of hydrogen-bond donors (Lipinski definition) is 1. The average Bonchev–Trinajstić information content (AvgIpc) is 2.78. The van der Waals surface area contributed by atoms with Crippen LogP contribution >= 0.6 is 0 Å². The molecule has 4 heteroatoms. The highest BCUT2D eigenvalue weighted by Gasteiger charge is 2.66. The summed E-state index contributed by atoms with van der Waals surface area (Å²) in [6.07, 6.45) is 5.22. The van der Waals surface area contributed by atoms with Gasteiger partial charge in [0, 0.05) is 5.75 Å². The molecule has 3 nitrogen and oxygen atoms in total. The van der Waals surface area contributed by atoms with E-state index in [2.05, 4.69) is 0 Å². The van der Waals surface area contributed by atoms with Crippen LogP contribution in [0.1, 0.15) is 39.0 Å². The van der Waals surface area contributed by atoms with Crippen LogP contribution in [0.15, 0.2) is 0 Å². The van der Waals surface area contributed by atoms with Crippen LogP contribution in [0.4, 0.5) is 0 Å². The zero-order chi connectivity index (χ0) is 12.9. The molecular formula is C14H24O3S. The SMILES string of the molecule is CCS(=O)(=O)CCCC(O)C1C2C3CCC(C3)C12. The Morgan fingerprint density at radius 2 is 1.83 bits per heavy atom. The summed E-state index contributed by atoms with van der Waals surface area (Å²) in [7, 11) is -2.86. The summed E-state index contributed by atoms with van der Waals surface area (Å²) >= 11 is 0. The number of rotatable bonds is 6. The van der Waals surface area contributed by atoms with Gasteiger partial charge in [-0.1, -0.05) is 6.92 Å². The Labute approximate surface area is 110 Å². The van der Waals surface area contributed by atoms with E-state index in [4.69, 9.17) is 0 Å². The van der Waals surface area contributed by atoms with Crippen molar-refractivity contribution >= 4 is 9.84 Å². The zero-order valence-corrected chi connectivity index (χ0v) is 11.9. The number of aliphatic hydroxyl groups is 1. The lowest BCUT2D eigenvalue weighted by atomic mass is 9.97. The van der Waals surface area contributed by atoms with Gasteiger partial charge >= 0.3 is 0 Å². The lowest BCUT2D eigenvalue weighted by molar-refractivity contribution is 0.119. The van der Waals surface area contributed by atoms with Gasteiger partial charge in [0.15, 0.2) is 0 Å². The summed E-state index contributed by atoms with van der Waals surface area (Å²) in [6.45, 7) is 1.69. The Bertz CT molecular complexity index is 401. The molecular weight excluding hydrogens is 248 g/mol. The Hall–Kier alpha value is -0.0900. The van der Waals surface area contributed by atoms with Gasteiger partial charge < -0.3 is 5.11 Å². The lowest BCUT2D eigenvalue weighted by Crippen LogP contribution is -2.18. The maximum Gasteiger partial charge on any atom is 0.150 e. The van der Waals surface area contributed by atoms with Crippen molar-refractivity contribution in [2.75, 3.05) is 11.5 Å². The summed E-state index contributed by atoms with van der Waals surface area (Å²) in [4.78, 5) is 0. The largest absolute Gasteiger partial charge is 0.393 e. The van der Waals surface area contributed by atoms with Crippen LogP contribution in [-0.2, 0) is 9.84 Å². The number of aliphatic hydroxyl groups excluding tert-OH is 1. The molecule has 3 rings (SSSR count). The maximum absolute atomic E-state index is 11.4. The van der Waals surface area contributed by atoms with E-state index >= 15 is 0 Å². The predicted molar refractivity (Wildman–Crippen MR) is 70.9 cm³/mol. The minimum absolute atomic E-state index is 0.224. The fraction of sp³-hybridized carbons (Fsp3) is 1.00. The minimum Gasteiger partial charge on any atom is -0.393 e. The van der Waals surface area contributed by atoms with E-state index in [1.165, 1.54) is 19.3 Å². The van der Waals surface area contributed by atoms with Gasteiger partial charge in [0.05, 0.1) is 11.9 Å². The third kappa shape index (κ3) is 2.11. The van der Waals surface area contributed by atoms with E-state index in [-0.39, 0.29) is 17.6 Å². The van der Waals surface area contributed by atoms with E-state index in [0.717, 1.165) is 23.7 Å². The monoisotopic (exact) mass is 272 g/mol. The van der Waals surface area contributed by atoms with E-state index in [9.17, 15) is 13.5 Å². The topological polar surface area (TPSA) is 54.4 Å². The minimum atomic E-state index is -2.86. The molecule has 3 fully saturated rings. The van der Waals surface area contributed by atoms with E-state index < -0.39 is 9.84 Å². The Morgan fingerprint density at radius 3 is 2.39 bits per heavy atom. The number of fused-ring (bicyclic) bond motifs is 5. The van der Waals surface area contributed by atoms with Gasteiger partial charge in [0.1, 0.15) is 9.84 Å². The Morgan fingerprint density at radius 1 is 1.22 bits per heavy atom. The fourth-order valence-corrected chi connectivity index (χ4v) is 5.65. The molecule has 0 amide bonds. The highest BCUT2D eigenvalue weighted by Crippen LogP contribution is 2.70. The van der Waals surface area contributed by atoms with Gasteiger partial charge in [-0.05, 0) is 61.7 Å². The van der Waals surface area contributed by atoms with Crippen molar-refractivity contribution in [3.8, 4) is 0 Å². The molecule has 104 valence electrons. The van der Waals surface area contributed by atoms with Crippen LogP contribution in [0.5, 0.6) is 0 Å². The predicted octanol–water partition coefficient (Wildman–Crippen LogP) is 1.85. The van der Waals surface area contributed by atoms with Crippen molar-refractivity contribution in [1.82, 2.24) is 0 Å². The van der Waals surface area contributed by atoms with Gasteiger partial charge in [-0.2, -0.15) is 0 Å². The molecule has 0 aliphatic heterocycles. The van der Waals surface area contributed by atoms with Crippen LogP contribution in [-0.4, -0.2) is 31.1 Å². The molecule has 1 N–H and O–H groups in total. The summed E-state index contributed by atoms with van der Waals surface area (Å²) < 4.78 is 22.8. The molecule has 3 aliphatic rings. The first-order chi connectivity index (χ1) is 8.53. The molecule has 0 aromatic rings. The van der Waals surface area contributed by atoms with Crippen molar-refractivity contribution in [1.29, 1.82) is 0 Å². The first-order valence-electron chi connectivity index (χ1n) is 7.42. The molecule has 18 heavy (non-hydrogen) atoms. The van der Waals surface area contributed by atoms with Gasteiger partial charge in [0.25, 0.3) is 0 Å².